The van der Waals surface area contributed by atoms with Crippen molar-refractivity contribution in [2.75, 3.05) is 0 Å². The summed E-state index contributed by atoms with van der Waals surface area (Å²) in [6.45, 7) is 0. The molecule has 0 atom stereocenters. The van der Waals surface area contributed by atoms with E-state index in [0.29, 0.717) is 17.5 Å². The fraction of sp³-hybridized carbons (Fsp3) is 0. The predicted octanol–water partition coefficient (Wildman–Crippen LogP) is 33.2. The lowest BCUT2D eigenvalue weighted by molar-refractivity contribution is 1.18. The van der Waals surface area contributed by atoms with Crippen molar-refractivity contribution in [1.29, 1.82) is 0 Å². The Morgan fingerprint density at radius 3 is 0.797 bits per heavy atom. The number of hydrogen-bond acceptors (Lipinski definition) is 9. The van der Waals surface area contributed by atoms with Crippen LogP contribution < -0.4 is 0 Å². The summed E-state index contributed by atoms with van der Waals surface area (Å²) in [5, 5.41) is 14.6. The Morgan fingerprint density at radius 2 is 0.399 bits per heavy atom. The number of hydrogen-bond donors (Lipinski definition) is 0. The topological polar surface area (TPSA) is 116 Å². The average Bonchev–Trinajstić information content (AvgIpc) is 1.56. The number of rotatable bonds is 15. The van der Waals surface area contributed by atoms with Crippen LogP contribution in [0.1, 0.15) is 0 Å². The highest BCUT2D eigenvalue weighted by atomic mass is 14.9. The van der Waals surface area contributed by atoms with Crippen molar-refractivity contribution in [3.63, 3.8) is 0 Å². The van der Waals surface area contributed by atoms with Crippen LogP contribution >= 0.6 is 0 Å². The average molecular weight is 1760 g/mol. The lowest BCUT2D eigenvalue weighted by Crippen LogP contribution is -1.97. The van der Waals surface area contributed by atoms with Crippen molar-refractivity contribution in [3.05, 3.63) is 504 Å². The van der Waals surface area contributed by atoms with E-state index in [9.17, 15) is 0 Å². The molecular weight excluding hydrogens is 1680 g/mol. The quantitative estimate of drug-likeness (QED) is 0.0925. The van der Waals surface area contributed by atoms with Gasteiger partial charge < -0.3 is 0 Å². The summed E-state index contributed by atoms with van der Waals surface area (Å²) in [6, 6.07) is 164. The molecule has 6 heterocycles. The molecule has 1 aliphatic carbocycles. The third kappa shape index (κ3) is 16.3. The Labute approximate surface area is 799 Å². The standard InChI is InChI=1S/C45H29N3.C43H27N3.C41H27N3/c1-2-11-30(12-3-1)31-13-8-15-33(25-31)43-28-44(34-16-9-14-32(26-34)36-17-10-24-46-29-36)48-45(47-43)35-22-23-41-39-20-5-4-18-37(39)38-19-6-7-21-40(38)42(41)27-35;1-2-10-28(11-3-1)29-12-6-14-31(24-29)40-26-41(32-15-7-13-30(25-32)33-16-9-23-44-27-33)46-43(45-40)39-22-21-38-35-18-5-4-17-34(35)36-19-8-20-37(39)42(36)38;1-2-11-28(12-3-1)29-14-8-16-32(23-29)39-26-40(33-17-9-15-30(24-33)34-18-10-22-42-27-34)44-41(43-39)38-25-31-13-4-5-19-35(31)36-20-6-7-21-37(36)38/h1-29H;1-27H;1-27H. The van der Waals surface area contributed by atoms with Crippen LogP contribution in [0.5, 0.6) is 0 Å². The largest absolute Gasteiger partial charge is 0.264 e. The molecule has 0 bridgehead atoms. The molecule has 0 saturated carbocycles. The zero-order valence-corrected chi connectivity index (χ0v) is 74.9. The molecule has 26 rings (SSSR count). The Balaban J connectivity index is 0.000000113. The van der Waals surface area contributed by atoms with Crippen molar-refractivity contribution < 1.29 is 0 Å². The van der Waals surface area contributed by atoms with E-state index in [0.717, 1.165) is 145 Å². The molecule has 138 heavy (non-hydrogen) atoms. The zero-order chi connectivity index (χ0) is 91.6. The van der Waals surface area contributed by atoms with Crippen molar-refractivity contribution in [1.82, 2.24) is 44.9 Å². The second kappa shape index (κ2) is 36.5. The van der Waals surface area contributed by atoms with Gasteiger partial charge in [0.15, 0.2) is 17.5 Å². The first kappa shape index (κ1) is 82.6. The summed E-state index contributed by atoms with van der Waals surface area (Å²) in [5.41, 5.74) is 33.1. The van der Waals surface area contributed by atoms with Gasteiger partial charge in [0.2, 0.25) is 0 Å². The molecule has 0 N–H and O–H groups in total. The van der Waals surface area contributed by atoms with Crippen LogP contribution in [0.15, 0.2) is 504 Å². The van der Waals surface area contributed by atoms with E-state index in [4.69, 9.17) is 29.9 Å². The third-order valence-corrected chi connectivity index (χ3v) is 26.2. The summed E-state index contributed by atoms with van der Waals surface area (Å²) in [5.74, 6) is 2.11. The normalized spacial score (nSPS) is 11.3. The van der Waals surface area contributed by atoms with Gasteiger partial charge in [-0.3, -0.25) is 15.0 Å². The van der Waals surface area contributed by atoms with Crippen LogP contribution in [0.2, 0.25) is 0 Å². The van der Waals surface area contributed by atoms with E-state index >= 15 is 0 Å². The lowest BCUT2D eigenvalue weighted by atomic mass is 9.93. The summed E-state index contributed by atoms with van der Waals surface area (Å²) in [4.78, 5) is 44.5. The molecule has 0 spiro atoms. The first-order valence-corrected chi connectivity index (χ1v) is 46.5. The highest BCUT2D eigenvalue weighted by molar-refractivity contribution is 6.26. The molecule has 9 heteroatoms. The van der Waals surface area contributed by atoms with E-state index in [2.05, 4.69) is 446 Å². The molecule has 1 aliphatic rings. The highest BCUT2D eigenvalue weighted by Gasteiger charge is 2.26. The van der Waals surface area contributed by atoms with Gasteiger partial charge in [-0.05, 0) is 228 Å². The van der Waals surface area contributed by atoms with Gasteiger partial charge in [-0.2, -0.15) is 0 Å². The first-order chi connectivity index (χ1) is 68.4. The maximum atomic E-state index is 5.27. The molecule has 0 fully saturated rings. The molecule has 0 aliphatic heterocycles. The van der Waals surface area contributed by atoms with Crippen LogP contribution in [0.25, 0.3) is 255 Å². The van der Waals surface area contributed by atoms with E-state index < -0.39 is 0 Å². The number of fused-ring (bicyclic) bond motifs is 12. The maximum absolute atomic E-state index is 5.27. The lowest BCUT2D eigenvalue weighted by Gasteiger charge is -2.14. The summed E-state index contributed by atoms with van der Waals surface area (Å²) in [6.07, 6.45) is 11.1. The number of pyridine rings is 3. The van der Waals surface area contributed by atoms with Gasteiger partial charge in [0.1, 0.15) is 0 Å². The minimum atomic E-state index is 0.693. The smallest absolute Gasteiger partial charge is 0.161 e. The molecule has 644 valence electrons. The van der Waals surface area contributed by atoms with Crippen LogP contribution in [-0.2, 0) is 0 Å². The summed E-state index contributed by atoms with van der Waals surface area (Å²) < 4.78 is 0. The maximum Gasteiger partial charge on any atom is 0.161 e. The second-order valence-electron chi connectivity index (χ2n) is 34.7. The summed E-state index contributed by atoms with van der Waals surface area (Å²) in [7, 11) is 0. The van der Waals surface area contributed by atoms with Gasteiger partial charge >= 0.3 is 0 Å². The molecule has 6 aromatic heterocycles. The van der Waals surface area contributed by atoms with Crippen LogP contribution in [0.3, 0.4) is 0 Å². The Hall–Kier alpha value is -18.6. The molecule has 0 amide bonds. The molecule has 0 radical (unpaired) electrons. The molecular formula is C129H83N9. The van der Waals surface area contributed by atoms with Gasteiger partial charge in [0.25, 0.3) is 0 Å². The van der Waals surface area contributed by atoms with Crippen LogP contribution in [0.4, 0.5) is 0 Å². The Kier molecular flexibility index (Phi) is 21.9. The van der Waals surface area contributed by atoms with Crippen molar-refractivity contribution in [2.45, 2.75) is 0 Å². The van der Waals surface area contributed by atoms with Crippen molar-refractivity contribution >= 4 is 64.6 Å². The fourth-order valence-electron chi connectivity index (χ4n) is 19.5. The van der Waals surface area contributed by atoms with Gasteiger partial charge in [-0.25, -0.2) is 29.9 Å². The first-order valence-electron chi connectivity index (χ1n) is 46.5. The monoisotopic (exact) mass is 1760 g/mol. The molecule has 9 nitrogen and oxygen atoms in total. The van der Waals surface area contributed by atoms with E-state index in [1.54, 1.807) is 18.6 Å². The van der Waals surface area contributed by atoms with Crippen LogP contribution in [-0.4, -0.2) is 44.9 Å². The number of aromatic nitrogens is 9. The molecule has 19 aromatic carbocycles. The highest BCUT2D eigenvalue weighted by Crippen LogP contribution is 2.50. The molecule has 25 aromatic rings. The molecule has 0 unspecified atom stereocenters. The number of benzene rings is 19. The number of nitrogens with zero attached hydrogens (tertiary/aromatic N) is 9. The van der Waals surface area contributed by atoms with Crippen molar-refractivity contribution in [3.8, 4) is 191 Å². The van der Waals surface area contributed by atoms with Crippen LogP contribution in [0, 0.1) is 0 Å². The predicted molar refractivity (Wildman–Crippen MR) is 570 cm³/mol. The minimum Gasteiger partial charge on any atom is -0.264 e. The SMILES string of the molecule is c1ccc(-c2cccc(-c3cc(-c4cccc(-c5cccnc5)c4)nc(-c4cc5ccccc5c5ccccc45)n3)c2)cc1.c1ccc(-c2cccc(-c3cc(-c4cccc(-c5cccnc5)c4)nc(-c4ccc5c6c(cccc46)-c4ccccc4-5)n3)c2)cc1.c1ccc(-c2cccc(-c3cc(-c4cccc(-c5cccnc5)c4)nc(-c4ccc5c6ccccc6c6ccccc6c5c4)n3)c2)cc1. The van der Waals surface area contributed by atoms with Crippen molar-refractivity contribution in [2.24, 2.45) is 0 Å². The Morgan fingerprint density at radius 1 is 0.123 bits per heavy atom. The van der Waals surface area contributed by atoms with Gasteiger partial charge in [-0.1, -0.05) is 376 Å². The zero-order valence-electron chi connectivity index (χ0n) is 74.9. The van der Waals surface area contributed by atoms with E-state index in [1.165, 1.54) is 92.8 Å². The summed E-state index contributed by atoms with van der Waals surface area (Å²) >= 11 is 0. The Bertz CT molecular complexity index is 8580. The van der Waals surface area contributed by atoms with E-state index in [-0.39, 0.29) is 0 Å². The third-order valence-electron chi connectivity index (χ3n) is 26.2. The molecule has 0 saturated heterocycles. The minimum absolute atomic E-state index is 0.693. The van der Waals surface area contributed by atoms with Gasteiger partial charge in [0.05, 0.1) is 34.2 Å². The fourth-order valence-corrected chi connectivity index (χ4v) is 19.5. The second-order valence-corrected chi connectivity index (χ2v) is 34.7. The van der Waals surface area contributed by atoms with Gasteiger partial charge in [0, 0.05) is 104 Å². The van der Waals surface area contributed by atoms with Gasteiger partial charge in [-0.15, -0.1) is 0 Å². The van der Waals surface area contributed by atoms with E-state index in [1.807, 2.05) is 55.0 Å².